The van der Waals surface area contributed by atoms with Gasteiger partial charge in [-0.25, -0.2) is 0 Å². The molecule has 0 aromatic rings. The van der Waals surface area contributed by atoms with Crippen molar-refractivity contribution in [2.45, 2.75) is 348 Å². The van der Waals surface area contributed by atoms with Crippen LogP contribution < -0.4 is 16.0 Å². The van der Waals surface area contributed by atoms with E-state index in [-0.39, 0.29) is 89.1 Å². The first-order valence-corrected chi connectivity index (χ1v) is 33.6. The van der Waals surface area contributed by atoms with Gasteiger partial charge in [0, 0.05) is 25.7 Å². The largest absolute Gasteiger partial charge is 0.463 e. The van der Waals surface area contributed by atoms with E-state index < -0.39 is 23.9 Å². The number of esters is 4. The van der Waals surface area contributed by atoms with E-state index in [1.54, 1.807) is 0 Å². The van der Waals surface area contributed by atoms with Gasteiger partial charge in [0.1, 0.15) is 26.4 Å². The van der Waals surface area contributed by atoms with Crippen molar-refractivity contribution in [3.8, 4) is 0 Å². The van der Waals surface area contributed by atoms with Crippen molar-refractivity contribution >= 4 is 35.7 Å². The van der Waals surface area contributed by atoms with Crippen LogP contribution in [0.25, 0.3) is 0 Å². The van der Waals surface area contributed by atoms with Crippen molar-refractivity contribution in [1.82, 2.24) is 16.0 Å². The predicted octanol–water partition coefficient (Wildman–Crippen LogP) is 16.5. The molecule has 0 radical (unpaired) electrons. The second kappa shape index (κ2) is 60.9. The van der Waals surface area contributed by atoms with Crippen molar-refractivity contribution in [1.29, 1.82) is 0 Å². The van der Waals surface area contributed by atoms with Crippen molar-refractivity contribution in [2.75, 3.05) is 39.5 Å². The standard InChI is InChI=1S/C66H125N3O10/c1-5-9-13-17-21-25-29-33-37-41-45-49-63(72)76-55-59(56-77-64(73)50-46-42-38-34-30-26-22-18-14-10-6-2)68-61(70)53-67-54-62(71)69-60(57-78-65(74)51-47-43-39-35-31-27-23-19-15-11-7-3)58-79-66(75)52-48-44-40-36-32-28-24-20-16-12-8-4/h59-60,67H,5-58H2,1-4H3,(H,68,70)(H,69,71). The van der Waals surface area contributed by atoms with Crippen molar-refractivity contribution in [3.63, 3.8) is 0 Å². The number of ether oxygens (including phenoxy) is 4. The van der Waals surface area contributed by atoms with E-state index in [2.05, 4.69) is 43.6 Å². The lowest BCUT2D eigenvalue weighted by Gasteiger charge is -2.20. The molecule has 0 rings (SSSR count). The zero-order valence-corrected chi connectivity index (χ0v) is 51.9. The zero-order valence-electron chi connectivity index (χ0n) is 51.9. The molecule has 464 valence electrons. The first-order chi connectivity index (χ1) is 38.6. The molecule has 0 aromatic carbocycles. The molecule has 0 saturated carbocycles. The maximum absolute atomic E-state index is 13.2. The first kappa shape index (κ1) is 75.8. The van der Waals surface area contributed by atoms with Crippen molar-refractivity contribution in [2.24, 2.45) is 0 Å². The summed E-state index contributed by atoms with van der Waals surface area (Å²) in [7, 11) is 0. The number of amides is 2. The summed E-state index contributed by atoms with van der Waals surface area (Å²) in [5.74, 6) is -2.36. The van der Waals surface area contributed by atoms with E-state index in [0.29, 0.717) is 0 Å². The summed E-state index contributed by atoms with van der Waals surface area (Å²) in [4.78, 5) is 77.5. The molecule has 0 unspecified atom stereocenters. The van der Waals surface area contributed by atoms with E-state index in [1.165, 1.54) is 205 Å². The third-order valence-corrected chi connectivity index (χ3v) is 15.0. The summed E-state index contributed by atoms with van der Waals surface area (Å²) in [6, 6.07) is -1.54. The Balaban J connectivity index is 5.16. The van der Waals surface area contributed by atoms with Gasteiger partial charge in [-0.05, 0) is 25.7 Å². The number of hydrogen-bond donors (Lipinski definition) is 3. The molecular weight excluding hydrogens is 995 g/mol. The Kier molecular flexibility index (Phi) is 58.4. The molecule has 0 fully saturated rings. The van der Waals surface area contributed by atoms with E-state index in [0.717, 1.165) is 77.0 Å². The monoisotopic (exact) mass is 1120 g/mol. The van der Waals surface area contributed by atoms with Crippen LogP contribution in [0.2, 0.25) is 0 Å². The Hall–Kier alpha value is -3.22. The van der Waals surface area contributed by atoms with Gasteiger partial charge in [0.2, 0.25) is 11.8 Å². The highest BCUT2D eigenvalue weighted by Gasteiger charge is 2.20. The van der Waals surface area contributed by atoms with E-state index in [4.69, 9.17) is 18.9 Å². The lowest BCUT2D eigenvalue weighted by molar-refractivity contribution is -0.150. The lowest BCUT2D eigenvalue weighted by Crippen LogP contribution is -2.49. The minimum Gasteiger partial charge on any atom is -0.463 e. The second-order valence-electron chi connectivity index (χ2n) is 23.0. The zero-order chi connectivity index (χ0) is 57.8. The Morgan fingerprint density at radius 3 is 0.595 bits per heavy atom. The predicted molar refractivity (Wildman–Crippen MR) is 325 cm³/mol. The Morgan fingerprint density at radius 2 is 0.418 bits per heavy atom. The fourth-order valence-electron chi connectivity index (χ4n) is 9.91. The van der Waals surface area contributed by atoms with Gasteiger partial charge >= 0.3 is 23.9 Å². The van der Waals surface area contributed by atoms with Crippen LogP contribution in [0.4, 0.5) is 0 Å². The van der Waals surface area contributed by atoms with Crippen LogP contribution in [0.5, 0.6) is 0 Å². The topological polar surface area (TPSA) is 175 Å². The number of nitrogens with one attached hydrogen (secondary N) is 3. The maximum Gasteiger partial charge on any atom is 0.305 e. The average Bonchev–Trinajstić information content (AvgIpc) is 3.43. The molecule has 2 amide bonds. The van der Waals surface area contributed by atoms with Gasteiger partial charge in [-0.2, -0.15) is 0 Å². The molecule has 0 spiro atoms. The fourth-order valence-corrected chi connectivity index (χ4v) is 9.91. The van der Waals surface area contributed by atoms with Crippen molar-refractivity contribution < 1.29 is 47.7 Å². The third kappa shape index (κ3) is 57.8. The van der Waals surface area contributed by atoms with E-state index >= 15 is 0 Å². The van der Waals surface area contributed by atoms with Gasteiger partial charge in [0.05, 0.1) is 25.2 Å². The van der Waals surface area contributed by atoms with Crippen LogP contribution in [0, 0.1) is 0 Å². The summed E-state index contributed by atoms with van der Waals surface area (Å²) < 4.78 is 22.3. The van der Waals surface area contributed by atoms with Gasteiger partial charge in [0.25, 0.3) is 0 Å². The maximum atomic E-state index is 13.2. The minimum absolute atomic E-state index is 0.146. The van der Waals surface area contributed by atoms with Crippen LogP contribution in [0.3, 0.4) is 0 Å². The molecule has 3 N–H and O–H groups in total. The molecular formula is C66H125N3O10. The molecule has 79 heavy (non-hydrogen) atoms. The third-order valence-electron chi connectivity index (χ3n) is 15.0. The minimum atomic E-state index is -0.769. The summed E-state index contributed by atoms with van der Waals surface area (Å²) in [5, 5.41) is 8.48. The van der Waals surface area contributed by atoms with Gasteiger partial charge in [-0.1, -0.05) is 285 Å². The van der Waals surface area contributed by atoms with Gasteiger partial charge in [-0.3, -0.25) is 34.1 Å². The smallest absolute Gasteiger partial charge is 0.305 e. The SMILES string of the molecule is CCCCCCCCCCCCCC(=O)OCC(COC(=O)CCCCCCCCCCCCC)NC(=O)CNCC(=O)NC(COC(=O)CCCCCCCCCCCCC)COC(=O)CCCCCCCCCCCCC. The molecule has 0 bridgehead atoms. The molecule has 13 nitrogen and oxygen atoms in total. The van der Waals surface area contributed by atoms with Crippen LogP contribution in [0.1, 0.15) is 336 Å². The second-order valence-corrected chi connectivity index (χ2v) is 23.0. The Morgan fingerprint density at radius 1 is 0.253 bits per heavy atom. The molecule has 0 heterocycles. The highest BCUT2D eigenvalue weighted by Crippen LogP contribution is 2.17. The molecule has 0 saturated heterocycles. The number of carbonyl (C=O) groups is 6. The summed E-state index contributed by atoms with van der Waals surface area (Å²) in [6.45, 7) is 7.88. The van der Waals surface area contributed by atoms with Crippen molar-refractivity contribution in [3.05, 3.63) is 0 Å². The molecule has 0 atom stereocenters. The normalized spacial score (nSPS) is 11.3. The number of hydrogen-bond acceptors (Lipinski definition) is 11. The highest BCUT2D eigenvalue weighted by atomic mass is 16.6. The first-order valence-electron chi connectivity index (χ1n) is 33.6. The number of unbranched alkanes of at least 4 members (excludes halogenated alkanes) is 40. The Bertz CT molecular complexity index is 1230. The van der Waals surface area contributed by atoms with E-state index in [9.17, 15) is 28.8 Å². The van der Waals surface area contributed by atoms with E-state index in [1.807, 2.05) is 0 Å². The highest BCUT2D eigenvalue weighted by molar-refractivity contribution is 5.81. The van der Waals surface area contributed by atoms with Crippen LogP contribution in [-0.4, -0.2) is 87.3 Å². The molecule has 0 aromatic heterocycles. The van der Waals surface area contributed by atoms with Crippen LogP contribution in [-0.2, 0) is 47.7 Å². The van der Waals surface area contributed by atoms with Crippen LogP contribution in [0.15, 0.2) is 0 Å². The summed E-state index contributed by atoms with van der Waals surface area (Å²) in [5.41, 5.74) is 0. The average molecular weight is 1120 g/mol. The quantitative estimate of drug-likeness (QED) is 0.0300. The van der Waals surface area contributed by atoms with Crippen LogP contribution >= 0.6 is 0 Å². The summed E-state index contributed by atoms with van der Waals surface area (Å²) in [6.07, 6.45) is 52.9. The molecule has 0 aliphatic rings. The van der Waals surface area contributed by atoms with Gasteiger partial charge < -0.3 is 29.6 Å². The number of carbonyl (C=O) groups excluding carboxylic acids is 6. The summed E-state index contributed by atoms with van der Waals surface area (Å²) >= 11 is 0. The molecule has 0 aliphatic heterocycles. The lowest BCUT2D eigenvalue weighted by atomic mass is 10.1. The fraction of sp³-hybridized carbons (Fsp3) is 0.909. The van der Waals surface area contributed by atoms with Gasteiger partial charge in [0.15, 0.2) is 0 Å². The van der Waals surface area contributed by atoms with Gasteiger partial charge in [-0.15, -0.1) is 0 Å². The number of rotatable bonds is 62. The Labute approximate surface area is 485 Å². The molecule has 0 aliphatic carbocycles. The molecule has 13 heteroatoms.